The first kappa shape index (κ1) is 17.3. The summed E-state index contributed by atoms with van der Waals surface area (Å²) in [5, 5.41) is 0. The van der Waals surface area contributed by atoms with E-state index in [1.807, 2.05) is 6.92 Å². The minimum absolute atomic E-state index is 0.0179. The first-order valence-corrected chi connectivity index (χ1v) is 9.50. The molecule has 1 heteroatoms. The molecule has 5 atom stereocenters. The van der Waals surface area contributed by atoms with Crippen LogP contribution in [0, 0.1) is 41.4 Å². The second-order valence-corrected chi connectivity index (χ2v) is 8.35. The van der Waals surface area contributed by atoms with Crippen molar-refractivity contribution in [3.05, 3.63) is 35.5 Å². The Morgan fingerprint density at radius 3 is 2.88 bits per heavy atom. The van der Waals surface area contributed by atoms with Gasteiger partial charge in [-0.15, -0.1) is 6.42 Å². The van der Waals surface area contributed by atoms with Crippen molar-refractivity contribution in [3.63, 3.8) is 0 Å². The van der Waals surface area contributed by atoms with Gasteiger partial charge in [0.2, 0.25) is 0 Å². The predicted octanol–water partition coefficient (Wildman–Crippen LogP) is 5.49. The molecule has 0 radical (unpaired) electrons. The van der Waals surface area contributed by atoms with Gasteiger partial charge in [-0.3, -0.25) is 4.79 Å². The number of fused-ring (bicyclic) bond motifs is 3. The van der Waals surface area contributed by atoms with E-state index in [9.17, 15) is 4.79 Å². The summed E-state index contributed by atoms with van der Waals surface area (Å²) in [6, 6.07) is 0. The number of carbonyl (C=O) groups is 1. The summed E-state index contributed by atoms with van der Waals surface area (Å²) < 4.78 is 0. The topological polar surface area (TPSA) is 17.1 Å². The molecule has 0 saturated heterocycles. The van der Waals surface area contributed by atoms with Crippen LogP contribution in [0.4, 0.5) is 0 Å². The fraction of sp³-hybridized carbons (Fsp3) is 0.609. The van der Waals surface area contributed by atoms with Crippen LogP contribution < -0.4 is 0 Å². The molecule has 0 aromatic heterocycles. The zero-order chi connectivity index (χ0) is 17.3. The monoisotopic (exact) mass is 322 g/mol. The molecule has 128 valence electrons. The van der Waals surface area contributed by atoms with Gasteiger partial charge in [-0.1, -0.05) is 56.1 Å². The van der Waals surface area contributed by atoms with E-state index < -0.39 is 0 Å². The molecule has 24 heavy (non-hydrogen) atoms. The largest absolute Gasteiger partial charge is 0.299 e. The zero-order valence-electron chi connectivity index (χ0n) is 15.3. The van der Waals surface area contributed by atoms with Gasteiger partial charge < -0.3 is 0 Å². The molecule has 3 aliphatic rings. The van der Waals surface area contributed by atoms with Gasteiger partial charge in [-0.05, 0) is 50.4 Å². The number of ketones is 1. The van der Waals surface area contributed by atoms with Crippen molar-refractivity contribution in [3.8, 4) is 12.3 Å². The van der Waals surface area contributed by atoms with Crippen molar-refractivity contribution in [2.75, 3.05) is 0 Å². The van der Waals surface area contributed by atoms with Gasteiger partial charge in [0.25, 0.3) is 0 Å². The zero-order valence-corrected chi connectivity index (χ0v) is 15.3. The molecule has 1 saturated carbocycles. The molecule has 0 aliphatic heterocycles. The van der Waals surface area contributed by atoms with E-state index in [0.29, 0.717) is 23.5 Å². The van der Waals surface area contributed by atoms with E-state index in [-0.39, 0.29) is 11.3 Å². The highest BCUT2D eigenvalue weighted by Gasteiger charge is 2.48. The van der Waals surface area contributed by atoms with E-state index in [1.54, 1.807) is 0 Å². The van der Waals surface area contributed by atoms with E-state index in [2.05, 4.69) is 44.1 Å². The highest BCUT2D eigenvalue weighted by atomic mass is 16.1. The van der Waals surface area contributed by atoms with Crippen molar-refractivity contribution in [1.29, 1.82) is 0 Å². The molecule has 0 N–H and O–H groups in total. The normalized spacial score (nSPS) is 43.3. The number of hydrogen-bond acceptors (Lipinski definition) is 1. The summed E-state index contributed by atoms with van der Waals surface area (Å²) in [6.07, 6.45) is 21.2. The van der Waals surface area contributed by atoms with Gasteiger partial charge in [0.15, 0.2) is 0 Å². The molecule has 0 bridgehead atoms. The molecule has 0 amide bonds. The molecule has 0 aromatic carbocycles. The first-order chi connectivity index (χ1) is 11.5. The molecule has 0 heterocycles. The molecule has 3 rings (SSSR count). The maximum absolute atomic E-state index is 12.9. The SMILES string of the molecule is C#CC1=CCC2C3CC(=O)C(C)/C=C(C)\C=C/CC3CCCC12C. The predicted molar refractivity (Wildman–Crippen MR) is 100 cm³/mol. The summed E-state index contributed by atoms with van der Waals surface area (Å²) in [7, 11) is 0. The lowest BCUT2D eigenvalue weighted by molar-refractivity contribution is -0.123. The van der Waals surface area contributed by atoms with Crippen LogP contribution in [0.2, 0.25) is 0 Å². The highest BCUT2D eigenvalue weighted by Crippen LogP contribution is 2.56. The van der Waals surface area contributed by atoms with Gasteiger partial charge in [-0.2, -0.15) is 0 Å². The summed E-state index contributed by atoms with van der Waals surface area (Å²) in [5.74, 6) is 4.98. The maximum Gasteiger partial charge on any atom is 0.139 e. The Kier molecular flexibility index (Phi) is 4.86. The molecule has 3 aliphatic carbocycles. The van der Waals surface area contributed by atoms with Crippen molar-refractivity contribution < 1.29 is 4.79 Å². The van der Waals surface area contributed by atoms with Crippen LogP contribution >= 0.6 is 0 Å². The lowest BCUT2D eigenvalue weighted by Crippen LogP contribution is -2.34. The molecule has 5 unspecified atom stereocenters. The summed E-state index contributed by atoms with van der Waals surface area (Å²) >= 11 is 0. The Morgan fingerprint density at radius 2 is 2.12 bits per heavy atom. The first-order valence-electron chi connectivity index (χ1n) is 9.50. The van der Waals surface area contributed by atoms with E-state index >= 15 is 0 Å². The van der Waals surface area contributed by atoms with Gasteiger partial charge in [0, 0.05) is 23.3 Å². The lowest BCUT2D eigenvalue weighted by Gasteiger charge is -2.39. The quantitative estimate of drug-likeness (QED) is 0.539. The number of allylic oxidation sites excluding steroid dienone is 6. The van der Waals surface area contributed by atoms with Crippen molar-refractivity contribution in [2.24, 2.45) is 29.1 Å². The number of rotatable bonds is 0. The minimum atomic E-state index is 0.0179. The van der Waals surface area contributed by atoms with Crippen LogP contribution in [0.5, 0.6) is 0 Å². The van der Waals surface area contributed by atoms with Crippen LogP contribution in [-0.4, -0.2) is 5.78 Å². The second-order valence-electron chi connectivity index (χ2n) is 8.35. The summed E-state index contributed by atoms with van der Waals surface area (Å²) in [5.41, 5.74) is 2.51. The van der Waals surface area contributed by atoms with Crippen molar-refractivity contribution in [1.82, 2.24) is 0 Å². The minimum Gasteiger partial charge on any atom is -0.299 e. The Balaban J connectivity index is 1.95. The van der Waals surface area contributed by atoms with E-state index in [1.165, 1.54) is 30.4 Å². The number of hydrogen-bond donors (Lipinski definition) is 0. The van der Waals surface area contributed by atoms with Crippen molar-refractivity contribution >= 4 is 5.78 Å². The maximum atomic E-state index is 12.9. The van der Waals surface area contributed by atoms with Gasteiger partial charge in [-0.25, -0.2) is 0 Å². The van der Waals surface area contributed by atoms with E-state index in [0.717, 1.165) is 19.3 Å². The van der Waals surface area contributed by atoms with E-state index in [4.69, 9.17) is 6.42 Å². The van der Waals surface area contributed by atoms with Gasteiger partial charge in [0.1, 0.15) is 5.78 Å². The lowest BCUT2D eigenvalue weighted by atomic mass is 9.65. The Bertz CT molecular complexity index is 641. The standard InChI is InChI=1S/C23H30O/c1-5-19-11-12-21-20-15-22(24)17(3)14-16(2)8-6-9-18(20)10-7-13-23(19,21)4/h1,6,8,11,14,17-18,20-21H,7,9-10,12-13,15H2,2-4H3/b8-6-,16-14-. The van der Waals surface area contributed by atoms with Crippen LogP contribution in [-0.2, 0) is 4.79 Å². The highest BCUT2D eigenvalue weighted by molar-refractivity contribution is 5.82. The van der Waals surface area contributed by atoms with Crippen LogP contribution in [0.3, 0.4) is 0 Å². The summed E-state index contributed by atoms with van der Waals surface area (Å²) in [4.78, 5) is 12.9. The molecule has 1 nitrogen and oxygen atoms in total. The smallest absolute Gasteiger partial charge is 0.139 e. The Hall–Kier alpha value is -1.55. The molecule has 0 spiro atoms. The third-order valence-electron chi connectivity index (χ3n) is 6.84. The second kappa shape index (κ2) is 6.75. The molecular weight excluding hydrogens is 292 g/mol. The van der Waals surface area contributed by atoms with Gasteiger partial charge >= 0.3 is 0 Å². The number of Topliss-reactive ketones (excluding diaryl/α,β-unsaturated/α-hetero) is 1. The Labute approximate surface area is 147 Å². The van der Waals surface area contributed by atoms with Crippen molar-refractivity contribution in [2.45, 2.75) is 59.3 Å². The summed E-state index contributed by atoms with van der Waals surface area (Å²) in [6.45, 7) is 6.50. The molecular formula is C23H30O. The third-order valence-corrected chi connectivity index (χ3v) is 6.84. The number of terminal acetylenes is 1. The Morgan fingerprint density at radius 1 is 1.33 bits per heavy atom. The molecule has 0 aromatic rings. The average molecular weight is 322 g/mol. The third kappa shape index (κ3) is 3.04. The number of carbonyl (C=O) groups excluding carboxylic acids is 1. The fourth-order valence-electron chi connectivity index (χ4n) is 5.39. The fourth-order valence-corrected chi connectivity index (χ4v) is 5.39. The van der Waals surface area contributed by atoms with Crippen LogP contribution in [0.25, 0.3) is 0 Å². The van der Waals surface area contributed by atoms with Crippen LogP contribution in [0.15, 0.2) is 35.5 Å². The average Bonchev–Trinajstić information content (AvgIpc) is 2.80. The van der Waals surface area contributed by atoms with Gasteiger partial charge in [0.05, 0.1) is 0 Å². The molecule has 1 fully saturated rings. The van der Waals surface area contributed by atoms with Crippen LogP contribution in [0.1, 0.15) is 59.3 Å².